The zero-order chi connectivity index (χ0) is 19.5. The molecule has 2 heterocycles. The summed E-state index contributed by atoms with van der Waals surface area (Å²) in [6.45, 7) is 2.56. The number of hydrogen-bond donors (Lipinski definition) is 1. The van der Waals surface area contributed by atoms with Gasteiger partial charge >= 0.3 is 0 Å². The molecule has 4 rings (SSSR count). The number of hydrogen-bond acceptors (Lipinski definition) is 3. The third-order valence-corrected chi connectivity index (χ3v) is 5.01. The van der Waals surface area contributed by atoms with E-state index in [2.05, 4.69) is 10.3 Å². The third kappa shape index (κ3) is 3.51. The Morgan fingerprint density at radius 2 is 1.93 bits per heavy atom. The molecule has 5 nitrogen and oxygen atoms in total. The van der Waals surface area contributed by atoms with Gasteiger partial charge in [-0.05, 0) is 61.2 Å². The molecule has 0 fully saturated rings. The van der Waals surface area contributed by atoms with E-state index in [0.717, 1.165) is 29.7 Å². The SMILES string of the molecule is Cc1ccccc1C(=O)Nc1ccc2c(c1)N(C(=O)c1cccnc1)CCC2. The number of nitrogens with zero attached hydrogens (tertiary/aromatic N) is 2. The lowest BCUT2D eigenvalue weighted by atomic mass is 10.00. The van der Waals surface area contributed by atoms with E-state index in [9.17, 15) is 9.59 Å². The lowest BCUT2D eigenvalue weighted by Gasteiger charge is -2.30. The van der Waals surface area contributed by atoms with Gasteiger partial charge in [0.15, 0.2) is 0 Å². The number of pyridine rings is 1. The molecule has 1 aromatic heterocycles. The van der Waals surface area contributed by atoms with Crippen LogP contribution in [0.15, 0.2) is 67.0 Å². The molecular weight excluding hydrogens is 350 g/mol. The molecule has 140 valence electrons. The summed E-state index contributed by atoms with van der Waals surface area (Å²) in [6, 6.07) is 16.8. The van der Waals surface area contributed by atoms with Crippen molar-refractivity contribution < 1.29 is 9.59 Å². The molecule has 0 saturated carbocycles. The number of anilines is 2. The first kappa shape index (κ1) is 17.9. The van der Waals surface area contributed by atoms with Gasteiger partial charge < -0.3 is 10.2 Å². The molecule has 0 spiro atoms. The Morgan fingerprint density at radius 1 is 1.07 bits per heavy atom. The number of nitrogens with one attached hydrogen (secondary N) is 1. The number of carbonyl (C=O) groups excluding carboxylic acids is 2. The molecule has 5 heteroatoms. The van der Waals surface area contributed by atoms with E-state index < -0.39 is 0 Å². The molecule has 0 aliphatic carbocycles. The first-order chi connectivity index (χ1) is 13.6. The molecule has 0 unspecified atom stereocenters. The number of rotatable bonds is 3. The monoisotopic (exact) mass is 371 g/mol. The lowest BCUT2D eigenvalue weighted by Crippen LogP contribution is -2.35. The van der Waals surface area contributed by atoms with Crippen LogP contribution >= 0.6 is 0 Å². The quantitative estimate of drug-likeness (QED) is 0.749. The van der Waals surface area contributed by atoms with Gasteiger partial charge in [0.1, 0.15) is 0 Å². The van der Waals surface area contributed by atoms with E-state index in [1.807, 2.05) is 43.3 Å². The first-order valence-corrected chi connectivity index (χ1v) is 9.35. The molecule has 28 heavy (non-hydrogen) atoms. The average Bonchev–Trinajstić information content (AvgIpc) is 2.73. The van der Waals surface area contributed by atoms with E-state index >= 15 is 0 Å². The van der Waals surface area contributed by atoms with E-state index in [0.29, 0.717) is 23.4 Å². The molecule has 0 saturated heterocycles. The normalized spacial score (nSPS) is 13.0. The van der Waals surface area contributed by atoms with E-state index in [1.54, 1.807) is 35.5 Å². The molecule has 0 radical (unpaired) electrons. The molecule has 1 N–H and O–H groups in total. The minimum Gasteiger partial charge on any atom is -0.322 e. The Balaban J connectivity index is 1.62. The van der Waals surface area contributed by atoms with E-state index in [-0.39, 0.29) is 11.8 Å². The van der Waals surface area contributed by atoms with Crippen molar-refractivity contribution in [2.45, 2.75) is 19.8 Å². The van der Waals surface area contributed by atoms with Crippen LogP contribution in [0.25, 0.3) is 0 Å². The van der Waals surface area contributed by atoms with Crippen molar-refractivity contribution in [2.24, 2.45) is 0 Å². The summed E-state index contributed by atoms with van der Waals surface area (Å²) >= 11 is 0. The van der Waals surface area contributed by atoms with Gasteiger partial charge in [0.05, 0.1) is 5.56 Å². The zero-order valence-corrected chi connectivity index (χ0v) is 15.7. The molecule has 2 amide bonds. The van der Waals surface area contributed by atoms with Crippen LogP contribution < -0.4 is 10.2 Å². The van der Waals surface area contributed by atoms with Crippen LogP contribution in [-0.4, -0.2) is 23.3 Å². The maximum atomic E-state index is 13.0. The third-order valence-electron chi connectivity index (χ3n) is 5.01. The number of aryl methyl sites for hydroxylation is 2. The van der Waals surface area contributed by atoms with E-state index in [4.69, 9.17) is 0 Å². The number of benzene rings is 2. The Kier molecular flexibility index (Phi) is 4.89. The topological polar surface area (TPSA) is 62.3 Å². The number of fused-ring (bicyclic) bond motifs is 1. The smallest absolute Gasteiger partial charge is 0.259 e. The highest BCUT2D eigenvalue weighted by molar-refractivity contribution is 6.08. The summed E-state index contributed by atoms with van der Waals surface area (Å²) < 4.78 is 0. The highest BCUT2D eigenvalue weighted by Crippen LogP contribution is 2.31. The molecule has 0 bridgehead atoms. The van der Waals surface area contributed by atoms with Gasteiger partial charge in [0.25, 0.3) is 11.8 Å². The van der Waals surface area contributed by atoms with Crippen LogP contribution in [0.1, 0.15) is 38.3 Å². The van der Waals surface area contributed by atoms with Crippen molar-refractivity contribution in [2.75, 3.05) is 16.8 Å². The maximum absolute atomic E-state index is 13.0. The predicted octanol–water partition coefficient (Wildman–Crippen LogP) is 4.24. The van der Waals surface area contributed by atoms with E-state index in [1.165, 1.54) is 0 Å². The highest BCUT2D eigenvalue weighted by Gasteiger charge is 2.24. The Hall–Kier alpha value is -3.47. The van der Waals surface area contributed by atoms with Gasteiger partial charge in [-0.1, -0.05) is 24.3 Å². The number of amides is 2. The Bertz CT molecular complexity index is 1030. The fourth-order valence-electron chi connectivity index (χ4n) is 3.53. The summed E-state index contributed by atoms with van der Waals surface area (Å²) in [5.41, 5.74) is 4.76. The maximum Gasteiger partial charge on any atom is 0.259 e. The predicted molar refractivity (Wildman–Crippen MR) is 110 cm³/mol. The minimum absolute atomic E-state index is 0.0727. The fraction of sp³-hybridized carbons (Fsp3) is 0.174. The van der Waals surface area contributed by atoms with Crippen LogP contribution in [0.2, 0.25) is 0 Å². The molecule has 0 atom stereocenters. The molecule has 3 aromatic rings. The number of carbonyl (C=O) groups is 2. The molecule has 1 aliphatic heterocycles. The van der Waals surface area contributed by atoms with Crippen molar-refractivity contribution in [3.05, 3.63) is 89.2 Å². The van der Waals surface area contributed by atoms with Crippen molar-refractivity contribution >= 4 is 23.2 Å². The molecule has 2 aromatic carbocycles. The first-order valence-electron chi connectivity index (χ1n) is 9.35. The largest absolute Gasteiger partial charge is 0.322 e. The van der Waals surface area contributed by atoms with Crippen molar-refractivity contribution in [3.8, 4) is 0 Å². The summed E-state index contributed by atoms with van der Waals surface area (Å²) in [5.74, 6) is -0.226. The second-order valence-electron chi connectivity index (χ2n) is 6.91. The number of aromatic nitrogens is 1. The standard InChI is InChI=1S/C23H21N3O2/c1-16-6-2-3-9-20(16)22(27)25-19-11-10-17-8-5-13-26(21(17)14-19)23(28)18-7-4-12-24-15-18/h2-4,6-7,9-12,14-15H,5,8,13H2,1H3,(H,25,27). The van der Waals surface area contributed by atoms with Crippen LogP contribution in [0.3, 0.4) is 0 Å². The van der Waals surface area contributed by atoms with Gasteiger partial charge in [-0.15, -0.1) is 0 Å². The summed E-state index contributed by atoms with van der Waals surface area (Å²) in [5, 5.41) is 2.96. The van der Waals surface area contributed by atoms with Crippen molar-refractivity contribution in [1.29, 1.82) is 0 Å². The fourth-order valence-corrected chi connectivity index (χ4v) is 3.53. The minimum atomic E-state index is -0.154. The van der Waals surface area contributed by atoms with Gasteiger partial charge in [-0.3, -0.25) is 14.6 Å². The lowest BCUT2D eigenvalue weighted by molar-refractivity contribution is 0.0983. The van der Waals surface area contributed by atoms with Crippen molar-refractivity contribution in [1.82, 2.24) is 4.98 Å². The van der Waals surface area contributed by atoms with Crippen LogP contribution in [0.5, 0.6) is 0 Å². The highest BCUT2D eigenvalue weighted by atomic mass is 16.2. The molecular formula is C23H21N3O2. The summed E-state index contributed by atoms with van der Waals surface area (Å²) in [6.07, 6.45) is 5.06. The zero-order valence-electron chi connectivity index (χ0n) is 15.7. The molecule has 1 aliphatic rings. The van der Waals surface area contributed by atoms with Crippen LogP contribution in [0.4, 0.5) is 11.4 Å². The van der Waals surface area contributed by atoms with Gasteiger partial charge in [0, 0.05) is 35.9 Å². The Labute approximate surface area is 164 Å². The van der Waals surface area contributed by atoms with Crippen LogP contribution in [0, 0.1) is 6.92 Å². The average molecular weight is 371 g/mol. The second kappa shape index (κ2) is 7.64. The second-order valence-corrected chi connectivity index (χ2v) is 6.91. The van der Waals surface area contributed by atoms with Gasteiger partial charge in [-0.2, -0.15) is 0 Å². The van der Waals surface area contributed by atoms with Crippen molar-refractivity contribution in [3.63, 3.8) is 0 Å². The van der Waals surface area contributed by atoms with Gasteiger partial charge in [-0.25, -0.2) is 0 Å². The Morgan fingerprint density at radius 3 is 2.71 bits per heavy atom. The summed E-state index contributed by atoms with van der Waals surface area (Å²) in [4.78, 5) is 31.4. The van der Waals surface area contributed by atoms with Crippen LogP contribution in [-0.2, 0) is 6.42 Å². The summed E-state index contributed by atoms with van der Waals surface area (Å²) in [7, 11) is 0. The van der Waals surface area contributed by atoms with Gasteiger partial charge in [0.2, 0.25) is 0 Å².